The Morgan fingerprint density at radius 3 is 2.45 bits per heavy atom. The van der Waals surface area contributed by atoms with Crippen molar-refractivity contribution in [3.63, 3.8) is 0 Å². The normalized spacial score (nSPS) is 17.4. The number of ether oxygens (including phenoxy) is 1. The predicted octanol–water partition coefficient (Wildman–Crippen LogP) is 1.12. The minimum absolute atomic E-state index is 0.0472. The Kier molecular flexibility index (Phi) is 5.33. The lowest BCUT2D eigenvalue weighted by Gasteiger charge is -2.26. The summed E-state index contributed by atoms with van der Waals surface area (Å²) in [6, 6.07) is 4.02. The summed E-state index contributed by atoms with van der Waals surface area (Å²) >= 11 is 5.99. The molecule has 1 aromatic rings. The Bertz CT molecular complexity index is 743. The first kappa shape index (κ1) is 17.5. The molecule has 0 bridgehead atoms. The summed E-state index contributed by atoms with van der Waals surface area (Å²) in [6.07, 6.45) is 0. The summed E-state index contributed by atoms with van der Waals surface area (Å²) < 4.78 is 57.1. The molecule has 0 aromatic heterocycles. The molecule has 0 radical (unpaired) electrons. The van der Waals surface area contributed by atoms with E-state index in [2.05, 4.69) is 4.72 Å². The Morgan fingerprint density at radius 2 is 1.86 bits per heavy atom. The van der Waals surface area contributed by atoms with Gasteiger partial charge in [-0.05, 0) is 25.1 Å². The molecule has 0 spiro atoms. The van der Waals surface area contributed by atoms with Gasteiger partial charge in [0, 0.05) is 18.8 Å². The predicted molar refractivity (Wildman–Crippen MR) is 84.1 cm³/mol. The van der Waals surface area contributed by atoms with E-state index in [4.69, 9.17) is 16.3 Å². The molecule has 1 heterocycles. The number of nitrogens with one attached hydrogen (secondary N) is 1. The smallest absolute Gasteiger partial charge is 0.244 e. The van der Waals surface area contributed by atoms with Gasteiger partial charge < -0.3 is 4.74 Å². The summed E-state index contributed by atoms with van der Waals surface area (Å²) in [5.74, 6) is -0.110. The molecule has 1 aliphatic rings. The van der Waals surface area contributed by atoms with E-state index >= 15 is 0 Å². The van der Waals surface area contributed by atoms with Crippen molar-refractivity contribution in [3.05, 3.63) is 23.2 Å². The molecule has 0 unspecified atom stereocenters. The lowest BCUT2D eigenvalue weighted by molar-refractivity contribution is 0.0730. The number of hydrogen-bond donors (Lipinski definition) is 1. The van der Waals surface area contributed by atoms with Gasteiger partial charge in [-0.3, -0.25) is 4.72 Å². The monoisotopic (exact) mass is 368 g/mol. The van der Waals surface area contributed by atoms with Gasteiger partial charge in [0.1, 0.15) is 4.90 Å². The molecule has 1 N–H and O–H groups in total. The number of anilines is 1. The molecule has 22 heavy (non-hydrogen) atoms. The molecule has 1 saturated heterocycles. The zero-order chi connectivity index (χ0) is 16.4. The van der Waals surface area contributed by atoms with Gasteiger partial charge >= 0.3 is 0 Å². The average molecular weight is 369 g/mol. The van der Waals surface area contributed by atoms with Gasteiger partial charge in [0.25, 0.3) is 0 Å². The van der Waals surface area contributed by atoms with Crippen molar-refractivity contribution < 1.29 is 21.6 Å². The molecular formula is C12H17ClN2O5S2. The minimum Gasteiger partial charge on any atom is -0.379 e. The molecule has 10 heteroatoms. The number of halogens is 1. The molecule has 1 aromatic carbocycles. The third kappa shape index (κ3) is 3.90. The number of nitrogens with zero attached hydrogens (tertiary/aromatic N) is 1. The molecule has 0 aliphatic carbocycles. The largest absolute Gasteiger partial charge is 0.379 e. The number of morpholine rings is 1. The maximum absolute atomic E-state index is 12.6. The summed E-state index contributed by atoms with van der Waals surface area (Å²) in [4.78, 5) is -0.118. The summed E-state index contributed by atoms with van der Waals surface area (Å²) in [5.41, 5.74) is 0.165. The first-order valence-corrected chi connectivity index (χ1v) is 10.1. The van der Waals surface area contributed by atoms with E-state index in [1.165, 1.54) is 29.4 Å². The highest BCUT2D eigenvalue weighted by Gasteiger charge is 2.28. The Balaban J connectivity index is 2.37. The highest BCUT2D eigenvalue weighted by atomic mass is 35.5. The lowest BCUT2D eigenvalue weighted by atomic mass is 10.3. The molecule has 0 atom stereocenters. The second-order valence-electron chi connectivity index (χ2n) is 4.67. The third-order valence-corrected chi connectivity index (χ3v) is 6.86. The Labute approximate surface area is 135 Å². The molecule has 7 nitrogen and oxygen atoms in total. The fourth-order valence-corrected chi connectivity index (χ4v) is 4.48. The standard InChI is InChI=1S/C12H17ClN2O5S2/c1-2-21(16,17)14-10-3-4-11(13)12(9-10)22(18,19)15-5-7-20-8-6-15/h3-4,9,14H,2,5-8H2,1H3. The Morgan fingerprint density at radius 1 is 1.23 bits per heavy atom. The average Bonchev–Trinajstić information content (AvgIpc) is 2.50. The fraction of sp³-hybridized carbons (Fsp3) is 0.500. The van der Waals surface area contributed by atoms with E-state index in [0.717, 1.165) is 0 Å². The second kappa shape index (κ2) is 6.71. The number of benzene rings is 1. The van der Waals surface area contributed by atoms with Crippen molar-refractivity contribution in [3.8, 4) is 0 Å². The van der Waals surface area contributed by atoms with Crippen LogP contribution < -0.4 is 4.72 Å². The van der Waals surface area contributed by atoms with Crippen LogP contribution in [-0.2, 0) is 24.8 Å². The highest BCUT2D eigenvalue weighted by Crippen LogP contribution is 2.28. The number of sulfonamides is 2. The maximum Gasteiger partial charge on any atom is 0.244 e. The topological polar surface area (TPSA) is 92.8 Å². The van der Waals surface area contributed by atoms with E-state index in [1.807, 2.05) is 0 Å². The second-order valence-corrected chi connectivity index (χ2v) is 8.99. The molecule has 0 saturated carbocycles. The van der Waals surface area contributed by atoms with E-state index in [0.29, 0.717) is 13.2 Å². The van der Waals surface area contributed by atoms with E-state index in [-0.39, 0.29) is 34.4 Å². The molecule has 124 valence electrons. The van der Waals surface area contributed by atoms with Crippen molar-refractivity contribution in [2.75, 3.05) is 36.8 Å². The van der Waals surface area contributed by atoms with Crippen LogP contribution in [0.2, 0.25) is 5.02 Å². The summed E-state index contributed by atoms with van der Waals surface area (Å²) in [6.45, 7) is 2.61. The molecule has 1 fully saturated rings. The van der Waals surface area contributed by atoms with Crippen molar-refractivity contribution in [1.29, 1.82) is 0 Å². The first-order valence-electron chi connectivity index (χ1n) is 6.64. The Hall–Kier alpha value is -0.870. The van der Waals surface area contributed by atoms with Crippen molar-refractivity contribution >= 4 is 37.3 Å². The molecule has 1 aliphatic heterocycles. The minimum atomic E-state index is -3.79. The lowest BCUT2D eigenvalue weighted by Crippen LogP contribution is -2.40. The maximum atomic E-state index is 12.6. The fourth-order valence-electron chi connectivity index (χ4n) is 1.94. The van der Waals surface area contributed by atoms with Crippen LogP contribution in [0.1, 0.15) is 6.92 Å². The van der Waals surface area contributed by atoms with E-state index in [1.54, 1.807) is 0 Å². The SMILES string of the molecule is CCS(=O)(=O)Nc1ccc(Cl)c(S(=O)(=O)N2CCOCC2)c1. The quantitative estimate of drug-likeness (QED) is 0.840. The number of hydrogen-bond acceptors (Lipinski definition) is 5. The van der Waals surface area contributed by atoms with Crippen LogP contribution in [0.15, 0.2) is 23.1 Å². The van der Waals surface area contributed by atoms with Crippen molar-refractivity contribution in [1.82, 2.24) is 4.31 Å². The van der Waals surface area contributed by atoms with Crippen LogP contribution >= 0.6 is 11.6 Å². The van der Waals surface area contributed by atoms with E-state index in [9.17, 15) is 16.8 Å². The van der Waals surface area contributed by atoms with Gasteiger partial charge in [-0.1, -0.05) is 11.6 Å². The summed E-state index contributed by atoms with van der Waals surface area (Å²) in [7, 11) is -7.28. The molecule has 2 rings (SSSR count). The number of rotatable bonds is 5. The van der Waals surface area contributed by atoms with Gasteiger partial charge in [-0.15, -0.1) is 0 Å². The van der Waals surface area contributed by atoms with Crippen LogP contribution in [-0.4, -0.2) is 53.2 Å². The van der Waals surface area contributed by atoms with Gasteiger partial charge in [0.2, 0.25) is 20.0 Å². The molecule has 0 amide bonds. The zero-order valence-corrected chi connectivity index (χ0v) is 14.3. The van der Waals surface area contributed by atoms with Crippen LogP contribution in [0.25, 0.3) is 0 Å². The van der Waals surface area contributed by atoms with Crippen molar-refractivity contribution in [2.45, 2.75) is 11.8 Å². The van der Waals surface area contributed by atoms with Crippen LogP contribution in [0.3, 0.4) is 0 Å². The zero-order valence-electron chi connectivity index (χ0n) is 12.0. The highest BCUT2D eigenvalue weighted by molar-refractivity contribution is 7.92. The summed E-state index contributed by atoms with van der Waals surface area (Å²) in [5, 5.41) is 0.0472. The first-order chi connectivity index (χ1) is 10.3. The third-order valence-electron chi connectivity index (χ3n) is 3.17. The van der Waals surface area contributed by atoms with Gasteiger partial charge in [-0.25, -0.2) is 16.8 Å². The van der Waals surface area contributed by atoms with Crippen LogP contribution in [0.5, 0.6) is 0 Å². The van der Waals surface area contributed by atoms with Crippen LogP contribution in [0, 0.1) is 0 Å². The van der Waals surface area contributed by atoms with Gasteiger partial charge in [0.05, 0.1) is 24.0 Å². The van der Waals surface area contributed by atoms with Gasteiger partial charge in [0.15, 0.2) is 0 Å². The van der Waals surface area contributed by atoms with E-state index < -0.39 is 20.0 Å². The van der Waals surface area contributed by atoms with Gasteiger partial charge in [-0.2, -0.15) is 4.31 Å². The van der Waals surface area contributed by atoms with Crippen LogP contribution in [0.4, 0.5) is 5.69 Å². The van der Waals surface area contributed by atoms with Crippen molar-refractivity contribution in [2.24, 2.45) is 0 Å². The molecular weight excluding hydrogens is 352 g/mol.